The first-order valence-corrected chi connectivity index (χ1v) is 13.1. The SMILES string of the molecule is CCCCCCCCCCCCCCCCCCNC(=O)CC(C)S(=O)(=O)O. The molecule has 0 saturated carbocycles. The minimum Gasteiger partial charge on any atom is -0.356 e. The third-order valence-electron chi connectivity index (χ3n) is 5.33. The third-order valence-corrected chi connectivity index (χ3v) is 6.52. The molecule has 0 bridgehead atoms. The van der Waals surface area contributed by atoms with E-state index in [4.69, 9.17) is 4.55 Å². The minimum atomic E-state index is -4.12. The summed E-state index contributed by atoms with van der Waals surface area (Å²) in [6.07, 6.45) is 20.8. The van der Waals surface area contributed by atoms with Gasteiger partial charge in [-0.25, -0.2) is 0 Å². The lowest BCUT2D eigenvalue weighted by Crippen LogP contribution is -2.30. The smallest absolute Gasteiger partial charge is 0.268 e. The van der Waals surface area contributed by atoms with Crippen LogP contribution in [0.5, 0.6) is 0 Å². The van der Waals surface area contributed by atoms with E-state index in [1.807, 2.05) is 0 Å². The molecule has 0 saturated heterocycles. The number of hydrogen-bond donors (Lipinski definition) is 2. The number of nitrogens with one attached hydrogen (secondary N) is 1. The van der Waals surface area contributed by atoms with E-state index in [2.05, 4.69) is 12.2 Å². The fourth-order valence-electron chi connectivity index (χ4n) is 3.34. The second kappa shape index (κ2) is 18.4. The Morgan fingerprint density at radius 2 is 1.11 bits per heavy atom. The first kappa shape index (κ1) is 27.4. The fraction of sp³-hybridized carbons (Fsp3) is 0.955. The molecule has 0 fully saturated rings. The molecule has 0 aromatic rings. The van der Waals surface area contributed by atoms with Crippen LogP contribution in [0.15, 0.2) is 0 Å². The van der Waals surface area contributed by atoms with E-state index >= 15 is 0 Å². The van der Waals surface area contributed by atoms with Crippen LogP contribution in [-0.4, -0.2) is 30.7 Å². The molecule has 0 radical (unpaired) electrons. The molecule has 6 heteroatoms. The van der Waals surface area contributed by atoms with Crippen LogP contribution in [-0.2, 0) is 14.9 Å². The van der Waals surface area contributed by atoms with Crippen LogP contribution in [0.1, 0.15) is 123 Å². The Morgan fingerprint density at radius 1 is 0.750 bits per heavy atom. The first-order valence-electron chi connectivity index (χ1n) is 11.6. The minimum absolute atomic E-state index is 0.183. The lowest BCUT2D eigenvalue weighted by Gasteiger charge is -2.09. The van der Waals surface area contributed by atoms with E-state index in [-0.39, 0.29) is 12.3 Å². The van der Waals surface area contributed by atoms with E-state index in [0.717, 1.165) is 12.8 Å². The average molecular weight is 420 g/mol. The van der Waals surface area contributed by atoms with E-state index in [1.165, 1.54) is 96.8 Å². The van der Waals surface area contributed by atoms with Gasteiger partial charge in [-0.15, -0.1) is 0 Å². The maximum atomic E-state index is 11.6. The Morgan fingerprint density at radius 3 is 1.46 bits per heavy atom. The highest BCUT2D eigenvalue weighted by molar-refractivity contribution is 7.86. The Bertz CT molecular complexity index is 465. The van der Waals surface area contributed by atoms with Gasteiger partial charge in [-0.1, -0.05) is 103 Å². The van der Waals surface area contributed by atoms with E-state index < -0.39 is 15.4 Å². The van der Waals surface area contributed by atoms with Crippen molar-refractivity contribution in [1.82, 2.24) is 5.32 Å². The quantitative estimate of drug-likeness (QED) is 0.186. The number of carbonyl (C=O) groups excluding carboxylic acids is 1. The molecule has 168 valence electrons. The molecule has 0 rings (SSSR count). The Hall–Kier alpha value is -0.620. The molecule has 0 aromatic carbocycles. The summed E-state index contributed by atoms with van der Waals surface area (Å²) >= 11 is 0. The van der Waals surface area contributed by atoms with Crippen molar-refractivity contribution in [1.29, 1.82) is 0 Å². The van der Waals surface area contributed by atoms with Gasteiger partial charge in [0, 0.05) is 13.0 Å². The van der Waals surface area contributed by atoms with Crippen LogP contribution in [0.25, 0.3) is 0 Å². The van der Waals surface area contributed by atoms with Gasteiger partial charge in [0.25, 0.3) is 10.1 Å². The van der Waals surface area contributed by atoms with Crippen molar-refractivity contribution in [2.75, 3.05) is 6.54 Å². The molecule has 28 heavy (non-hydrogen) atoms. The van der Waals surface area contributed by atoms with Crippen molar-refractivity contribution in [3.63, 3.8) is 0 Å². The van der Waals surface area contributed by atoms with Gasteiger partial charge in [0.05, 0.1) is 5.25 Å². The Balaban J connectivity index is 3.25. The van der Waals surface area contributed by atoms with Crippen molar-refractivity contribution in [3.8, 4) is 0 Å². The van der Waals surface area contributed by atoms with Gasteiger partial charge in [-0.2, -0.15) is 8.42 Å². The highest BCUT2D eigenvalue weighted by Crippen LogP contribution is 2.13. The average Bonchev–Trinajstić information content (AvgIpc) is 2.63. The third kappa shape index (κ3) is 18.7. The van der Waals surface area contributed by atoms with Gasteiger partial charge in [0.2, 0.25) is 5.91 Å². The second-order valence-corrected chi connectivity index (χ2v) is 10.0. The fourth-order valence-corrected chi connectivity index (χ4v) is 3.70. The normalized spacial score (nSPS) is 12.8. The Kier molecular flexibility index (Phi) is 18.0. The first-order chi connectivity index (χ1) is 13.4. The monoisotopic (exact) mass is 419 g/mol. The second-order valence-electron chi connectivity index (χ2n) is 8.18. The molecular formula is C22H45NO4S. The molecule has 1 atom stereocenters. The molecule has 1 unspecified atom stereocenters. The topological polar surface area (TPSA) is 83.5 Å². The maximum Gasteiger partial charge on any atom is 0.268 e. The standard InChI is InChI=1S/C22H45NO4S/c1-3-4-5-6-7-8-9-10-11-12-13-14-15-16-17-18-19-23-22(24)20-21(2)28(25,26)27/h21H,3-20H2,1-2H3,(H,23,24)(H,25,26,27). The molecule has 1 amide bonds. The molecular weight excluding hydrogens is 374 g/mol. The van der Waals surface area contributed by atoms with Crippen LogP contribution in [0.2, 0.25) is 0 Å². The molecule has 2 N–H and O–H groups in total. The number of hydrogen-bond acceptors (Lipinski definition) is 3. The van der Waals surface area contributed by atoms with Crippen molar-refractivity contribution >= 4 is 16.0 Å². The lowest BCUT2D eigenvalue weighted by atomic mass is 10.0. The van der Waals surface area contributed by atoms with Crippen LogP contribution in [0, 0.1) is 0 Å². The number of rotatable bonds is 20. The van der Waals surface area contributed by atoms with Crippen molar-refractivity contribution in [2.45, 2.75) is 128 Å². The maximum absolute atomic E-state index is 11.6. The largest absolute Gasteiger partial charge is 0.356 e. The lowest BCUT2D eigenvalue weighted by molar-refractivity contribution is -0.121. The van der Waals surface area contributed by atoms with E-state index in [0.29, 0.717) is 6.54 Å². The summed E-state index contributed by atoms with van der Waals surface area (Å²) in [6, 6.07) is 0. The van der Waals surface area contributed by atoms with Gasteiger partial charge in [-0.3, -0.25) is 9.35 Å². The zero-order chi connectivity index (χ0) is 21.1. The molecule has 0 aliphatic heterocycles. The highest BCUT2D eigenvalue weighted by Gasteiger charge is 2.20. The predicted octanol–water partition coefficient (Wildman–Crippen LogP) is 6.03. The van der Waals surface area contributed by atoms with E-state index in [1.54, 1.807) is 0 Å². The zero-order valence-electron chi connectivity index (χ0n) is 18.4. The van der Waals surface area contributed by atoms with Gasteiger partial charge in [-0.05, 0) is 13.3 Å². The van der Waals surface area contributed by atoms with Crippen LogP contribution in [0.4, 0.5) is 0 Å². The van der Waals surface area contributed by atoms with Gasteiger partial charge in [0.1, 0.15) is 0 Å². The number of amides is 1. The summed E-state index contributed by atoms with van der Waals surface area (Å²) in [5.74, 6) is -0.314. The summed E-state index contributed by atoms with van der Waals surface area (Å²) in [4.78, 5) is 11.6. The highest BCUT2D eigenvalue weighted by atomic mass is 32.2. The van der Waals surface area contributed by atoms with Gasteiger partial charge < -0.3 is 5.32 Å². The number of unbranched alkanes of at least 4 members (excludes halogenated alkanes) is 15. The molecule has 0 aliphatic rings. The van der Waals surface area contributed by atoms with E-state index in [9.17, 15) is 13.2 Å². The van der Waals surface area contributed by atoms with Crippen molar-refractivity contribution in [2.24, 2.45) is 0 Å². The van der Waals surface area contributed by atoms with Crippen LogP contribution >= 0.6 is 0 Å². The van der Waals surface area contributed by atoms with Crippen LogP contribution < -0.4 is 5.32 Å². The molecule has 0 aromatic heterocycles. The Labute approximate surface area is 174 Å². The van der Waals surface area contributed by atoms with Crippen LogP contribution in [0.3, 0.4) is 0 Å². The van der Waals surface area contributed by atoms with Gasteiger partial charge in [0.15, 0.2) is 0 Å². The van der Waals surface area contributed by atoms with Crippen molar-refractivity contribution < 1.29 is 17.8 Å². The number of carbonyl (C=O) groups is 1. The van der Waals surface area contributed by atoms with Gasteiger partial charge >= 0.3 is 0 Å². The summed E-state index contributed by atoms with van der Waals surface area (Å²) in [5.41, 5.74) is 0. The molecule has 0 heterocycles. The molecule has 5 nitrogen and oxygen atoms in total. The summed E-state index contributed by atoms with van der Waals surface area (Å²) in [7, 11) is -4.12. The predicted molar refractivity (Wildman–Crippen MR) is 118 cm³/mol. The molecule has 0 spiro atoms. The summed E-state index contributed by atoms with van der Waals surface area (Å²) in [5, 5.41) is 1.68. The van der Waals surface area contributed by atoms with Crippen molar-refractivity contribution in [3.05, 3.63) is 0 Å². The summed E-state index contributed by atoms with van der Waals surface area (Å²) < 4.78 is 30.6. The zero-order valence-corrected chi connectivity index (χ0v) is 19.2. The summed E-state index contributed by atoms with van der Waals surface area (Å²) in [6.45, 7) is 4.18. The molecule has 0 aliphatic carbocycles.